The van der Waals surface area contributed by atoms with E-state index in [0.29, 0.717) is 23.0 Å². The molecule has 0 saturated carbocycles. The van der Waals surface area contributed by atoms with Gasteiger partial charge in [0.15, 0.2) is 0 Å². The highest BCUT2D eigenvalue weighted by atomic mass is 35.5. The fourth-order valence-corrected chi connectivity index (χ4v) is 3.21. The van der Waals surface area contributed by atoms with Crippen molar-refractivity contribution in [1.29, 1.82) is 0 Å². The van der Waals surface area contributed by atoms with Gasteiger partial charge in [-0.15, -0.1) is 23.7 Å². The van der Waals surface area contributed by atoms with Crippen LogP contribution in [-0.4, -0.2) is 49.6 Å². The number of methoxy groups -OCH3 is 1. The monoisotopic (exact) mass is 347 g/mol. The molecule has 0 aliphatic carbocycles. The number of amides is 1. The molecule has 0 spiro atoms. The lowest BCUT2D eigenvalue weighted by molar-refractivity contribution is -0.117. The zero-order valence-electron chi connectivity index (χ0n) is 12.7. The van der Waals surface area contributed by atoms with Gasteiger partial charge in [-0.05, 0) is 23.8 Å². The number of rotatable bonds is 4. The van der Waals surface area contributed by atoms with Crippen LogP contribution in [0.3, 0.4) is 0 Å². The zero-order chi connectivity index (χ0) is 15.4. The molecule has 2 atom stereocenters. The molecule has 124 valence electrons. The van der Waals surface area contributed by atoms with Gasteiger partial charge in [-0.2, -0.15) is 0 Å². The van der Waals surface area contributed by atoms with Crippen molar-refractivity contribution in [2.24, 2.45) is 11.7 Å². The Bertz CT molecular complexity index is 523. The molecule has 1 amide bonds. The molecule has 1 saturated heterocycles. The number of esters is 1. The zero-order valence-corrected chi connectivity index (χ0v) is 14.3. The van der Waals surface area contributed by atoms with E-state index >= 15 is 0 Å². The number of nitrogens with one attached hydrogen (secondary N) is 1. The second-order valence-electron chi connectivity index (χ2n) is 5.37. The summed E-state index contributed by atoms with van der Waals surface area (Å²) in [7, 11) is 1.33. The molecule has 0 aromatic carbocycles. The van der Waals surface area contributed by atoms with E-state index in [2.05, 4.69) is 21.9 Å². The Kier molecular flexibility index (Phi) is 7.28. The number of thiophene rings is 1. The first-order valence-corrected chi connectivity index (χ1v) is 7.82. The number of anilines is 1. The van der Waals surface area contributed by atoms with Gasteiger partial charge in [0.05, 0.1) is 19.3 Å². The van der Waals surface area contributed by atoms with Crippen molar-refractivity contribution in [2.75, 3.05) is 32.1 Å². The van der Waals surface area contributed by atoms with Gasteiger partial charge >= 0.3 is 5.97 Å². The van der Waals surface area contributed by atoms with Crippen LogP contribution in [0, 0.1) is 5.92 Å². The van der Waals surface area contributed by atoms with Gasteiger partial charge in [0.1, 0.15) is 4.88 Å². The second kappa shape index (κ2) is 8.47. The van der Waals surface area contributed by atoms with Crippen LogP contribution < -0.4 is 11.1 Å². The van der Waals surface area contributed by atoms with E-state index in [4.69, 9.17) is 5.73 Å². The molecule has 1 fully saturated rings. The van der Waals surface area contributed by atoms with Gasteiger partial charge in [0, 0.05) is 19.1 Å². The Morgan fingerprint density at radius 1 is 1.55 bits per heavy atom. The van der Waals surface area contributed by atoms with Crippen LogP contribution in [0.15, 0.2) is 11.4 Å². The predicted octanol–water partition coefficient (Wildman–Crippen LogP) is 1.56. The van der Waals surface area contributed by atoms with Crippen LogP contribution in [0.5, 0.6) is 0 Å². The third-order valence-electron chi connectivity index (χ3n) is 3.73. The van der Waals surface area contributed by atoms with E-state index in [9.17, 15) is 9.59 Å². The minimum Gasteiger partial charge on any atom is -0.465 e. The number of ether oxygens (including phenoxy) is 1. The van der Waals surface area contributed by atoms with Gasteiger partial charge in [0.2, 0.25) is 5.91 Å². The summed E-state index contributed by atoms with van der Waals surface area (Å²) in [6, 6.07) is 1.93. The maximum atomic E-state index is 12.1. The fourth-order valence-electron chi connectivity index (χ4n) is 2.45. The summed E-state index contributed by atoms with van der Waals surface area (Å²) >= 11 is 1.25. The molecule has 22 heavy (non-hydrogen) atoms. The topological polar surface area (TPSA) is 84.7 Å². The van der Waals surface area contributed by atoms with E-state index < -0.39 is 5.97 Å². The minimum atomic E-state index is -0.433. The molecule has 2 rings (SSSR count). The molecule has 1 aliphatic heterocycles. The van der Waals surface area contributed by atoms with Crippen LogP contribution in [-0.2, 0) is 9.53 Å². The Morgan fingerprint density at radius 3 is 2.91 bits per heavy atom. The number of piperidine rings is 1. The molecule has 1 aromatic heterocycles. The number of carbonyl (C=O) groups excluding carboxylic acids is 2. The number of likely N-dealkylation sites (tertiary alicyclic amines) is 1. The molecule has 6 nitrogen and oxygen atoms in total. The molecule has 3 N–H and O–H groups in total. The van der Waals surface area contributed by atoms with E-state index in [1.807, 2.05) is 0 Å². The van der Waals surface area contributed by atoms with Gasteiger partial charge in [-0.25, -0.2) is 4.79 Å². The van der Waals surface area contributed by atoms with Crippen LogP contribution in [0.2, 0.25) is 0 Å². The van der Waals surface area contributed by atoms with Gasteiger partial charge in [-0.1, -0.05) is 6.92 Å². The lowest BCUT2D eigenvalue weighted by atomic mass is 9.95. The predicted molar refractivity (Wildman–Crippen MR) is 89.7 cm³/mol. The lowest BCUT2D eigenvalue weighted by Crippen LogP contribution is -2.48. The minimum absolute atomic E-state index is 0. The van der Waals surface area contributed by atoms with E-state index in [1.165, 1.54) is 18.4 Å². The largest absolute Gasteiger partial charge is 0.465 e. The van der Waals surface area contributed by atoms with Crippen molar-refractivity contribution < 1.29 is 14.3 Å². The van der Waals surface area contributed by atoms with E-state index in [1.54, 1.807) is 11.4 Å². The number of nitrogens with two attached hydrogens (primary N) is 1. The van der Waals surface area contributed by atoms with Gasteiger partial charge in [-0.3, -0.25) is 9.69 Å². The number of carbonyl (C=O) groups is 2. The average molecular weight is 348 g/mol. The summed E-state index contributed by atoms with van der Waals surface area (Å²) in [4.78, 5) is 26.2. The molecule has 0 bridgehead atoms. The molecule has 1 aliphatic rings. The maximum absolute atomic E-state index is 12.1. The Morgan fingerprint density at radius 2 is 2.27 bits per heavy atom. The molecular formula is C14H22ClN3O3S. The maximum Gasteiger partial charge on any atom is 0.350 e. The standard InChI is InChI=1S/C14H21N3O3S.ClH/c1-9-7-17(5-3-10(9)15)8-12(18)16-11-4-6-21-13(11)14(19)20-2;/h4,6,9-10H,3,5,7-8,15H2,1-2H3,(H,16,18);1H. The van der Waals surface area contributed by atoms with E-state index in [-0.39, 0.29) is 24.4 Å². The van der Waals surface area contributed by atoms with Crippen molar-refractivity contribution in [3.05, 3.63) is 16.3 Å². The SMILES string of the molecule is COC(=O)c1sccc1NC(=O)CN1CCC(N)C(C)C1.Cl. The first-order valence-electron chi connectivity index (χ1n) is 6.95. The summed E-state index contributed by atoms with van der Waals surface area (Å²) < 4.78 is 4.69. The smallest absolute Gasteiger partial charge is 0.350 e. The number of hydrogen-bond donors (Lipinski definition) is 2. The van der Waals surface area contributed by atoms with Crippen LogP contribution in [0.1, 0.15) is 23.0 Å². The van der Waals surface area contributed by atoms with Crippen molar-refractivity contribution in [1.82, 2.24) is 4.90 Å². The molecule has 2 unspecified atom stereocenters. The highest BCUT2D eigenvalue weighted by Gasteiger charge is 2.24. The van der Waals surface area contributed by atoms with Crippen LogP contribution in [0.25, 0.3) is 0 Å². The van der Waals surface area contributed by atoms with Crippen LogP contribution >= 0.6 is 23.7 Å². The third-order valence-corrected chi connectivity index (χ3v) is 4.63. The Hall–Kier alpha value is -1.15. The van der Waals surface area contributed by atoms with Crippen molar-refractivity contribution >= 4 is 41.3 Å². The quantitative estimate of drug-likeness (QED) is 0.807. The fraction of sp³-hybridized carbons (Fsp3) is 0.571. The van der Waals surface area contributed by atoms with E-state index in [0.717, 1.165) is 19.5 Å². The third kappa shape index (κ3) is 4.67. The normalized spacial score (nSPS) is 21.8. The Balaban J connectivity index is 0.00000242. The number of hydrogen-bond acceptors (Lipinski definition) is 6. The molecule has 1 aromatic rings. The highest BCUT2D eigenvalue weighted by molar-refractivity contribution is 7.12. The van der Waals surface area contributed by atoms with Gasteiger partial charge < -0.3 is 15.8 Å². The summed E-state index contributed by atoms with van der Waals surface area (Å²) in [5.41, 5.74) is 6.48. The summed E-state index contributed by atoms with van der Waals surface area (Å²) in [6.07, 6.45) is 0.903. The van der Waals surface area contributed by atoms with Crippen molar-refractivity contribution in [2.45, 2.75) is 19.4 Å². The summed E-state index contributed by atoms with van der Waals surface area (Å²) in [5, 5.41) is 4.53. The summed E-state index contributed by atoms with van der Waals surface area (Å²) in [6.45, 7) is 4.06. The second-order valence-corrected chi connectivity index (χ2v) is 6.28. The molecular weight excluding hydrogens is 326 g/mol. The first kappa shape index (κ1) is 18.9. The first-order chi connectivity index (χ1) is 10.0. The van der Waals surface area contributed by atoms with Gasteiger partial charge in [0.25, 0.3) is 0 Å². The number of nitrogens with zero attached hydrogens (tertiary/aromatic N) is 1. The summed E-state index contributed by atoms with van der Waals surface area (Å²) in [5.74, 6) is -0.169. The van der Waals surface area contributed by atoms with Crippen molar-refractivity contribution in [3.63, 3.8) is 0 Å². The molecule has 8 heteroatoms. The lowest BCUT2D eigenvalue weighted by Gasteiger charge is -2.34. The van der Waals surface area contributed by atoms with Crippen LogP contribution in [0.4, 0.5) is 5.69 Å². The van der Waals surface area contributed by atoms with Crippen molar-refractivity contribution in [3.8, 4) is 0 Å². The number of halogens is 1. The molecule has 2 heterocycles. The average Bonchev–Trinajstić information content (AvgIpc) is 2.90. The Labute approximate surface area is 140 Å². The highest BCUT2D eigenvalue weighted by Crippen LogP contribution is 2.23. The molecule has 0 radical (unpaired) electrons.